The number of likely N-dealkylation sites (tertiary alicyclic amines) is 1. The highest BCUT2D eigenvalue weighted by Gasteiger charge is 2.40. The molecule has 0 saturated carbocycles. The van der Waals surface area contributed by atoms with Crippen LogP contribution in [-0.4, -0.2) is 202 Å². The number of carboxylic acid groups (broad SMARTS) is 1. The van der Waals surface area contributed by atoms with Gasteiger partial charge in [-0.3, -0.25) is 57.9 Å². The minimum absolute atomic E-state index is 0.0227. The van der Waals surface area contributed by atoms with Crippen molar-refractivity contribution >= 4 is 88.7 Å². The van der Waals surface area contributed by atoms with Gasteiger partial charge in [0.05, 0.1) is 19.2 Å². The summed E-state index contributed by atoms with van der Waals surface area (Å²) in [4.78, 5) is 159. The van der Waals surface area contributed by atoms with Crippen LogP contribution in [0.25, 0.3) is 0 Å². The summed E-state index contributed by atoms with van der Waals surface area (Å²) in [6.45, 7) is 10.5. The molecule has 1 heterocycles. The van der Waals surface area contributed by atoms with Gasteiger partial charge in [0.15, 0.2) is 11.9 Å². The van der Waals surface area contributed by atoms with Gasteiger partial charge < -0.3 is 96.7 Å². The number of carbonyl (C=O) groups is 11. The number of aliphatic imine (C=N–C) groups is 2. The molecule has 1 fully saturated rings. The van der Waals surface area contributed by atoms with E-state index < -0.39 is 145 Å². The lowest BCUT2D eigenvalue weighted by Crippen LogP contribution is -2.60. The Labute approximate surface area is 524 Å². The molecule has 2 rings (SSSR count). The van der Waals surface area contributed by atoms with E-state index in [-0.39, 0.29) is 101 Å². The zero-order valence-electron chi connectivity index (χ0n) is 52.3. The average molecular weight is 1280 g/mol. The maximum Gasteiger partial charge on any atom is 0.326 e. The van der Waals surface area contributed by atoms with Crippen molar-refractivity contribution in [3.05, 3.63) is 29.8 Å². The van der Waals surface area contributed by atoms with Gasteiger partial charge in [-0.05, 0) is 112 Å². The van der Waals surface area contributed by atoms with Crippen molar-refractivity contribution in [2.24, 2.45) is 56.4 Å². The van der Waals surface area contributed by atoms with E-state index in [0.717, 1.165) is 0 Å². The zero-order valence-corrected chi connectivity index (χ0v) is 53.1. The van der Waals surface area contributed by atoms with E-state index in [1.807, 2.05) is 20.1 Å². The van der Waals surface area contributed by atoms with Gasteiger partial charge in [-0.1, -0.05) is 60.1 Å². The molecule has 0 aromatic heterocycles. The van der Waals surface area contributed by atoms with Gasteiger partial charge in [-0.2, -0.15) is 11.8 Å². The lowest BCUT2D eigenvalue weighted by molar-refractivity contribution is -0.144. The van der Waals surface area contributed by atoms with Crippen LogP contribution < -0.4 is 76.5 Å². The van der Waals surface area contributed by atoms with Gasteiger partial charge in [-0.15, -0.1) is 0 Å². The Morgan fingerprint density at radius 3 is 1.66 bits per heavy atom. The number of amides is 10. The Hall–Kier alpha value is -8.00. The molecule has 0 unspecified atom stereocenters. The maximum absolute atomic E-state index is 14.6. The molecule has 0 spiro atoms. The molecule has 1 aromatic rings. The number of nitrogens with two attached hydrogens (primary N) is 5. The first-order chi connectivity index (χ1) is 41.9. The second kappa shape index (κ2) is 39.8. The summed E-state index contributed by atoms with van der Waals surface area (Å²) in [5, 5.41) is 53.0. The molecule has 0 radical (unpaired) electrons. The second-order valence-corrected chi connectivity index (χ2v) is 23.9. The van der Waals surface area contributed by atoms with E-state index in [1.54, 1.807) is 39.8 Å². The number of benzene rings is 1. The number of rotatable bonds is 40. The summed E-state index contributed by atoms with van der Waals surface area (Å²) in [6.07, 6.45) is 3.62. The van der Waals surface area contributed by atoms with E-state index in [1.165, 1.54) is 35.7 Å². The minimum atomic E-state index is -1.65. The van der Waals surface area contributed by atoms with Crippen LogP contribution in [0.4, 0.5) is 0 Å². The number of hydrogen-bond acceptors (Lipinski definition) is 17. The number of aliphatic hydroxyl groups excluding tert-OH is 1. The van der Waals surface area contributed by atoms with E-state index in [2.05, 4.69) is 57.8 Å². The highest BCUT2D eigenvalue weighted by Crippen LogP contribution is 2.22. The molecule has 1 aliphatic rings. The van der Waals surface area contributed by atoms with Crippen LogP contribution in [-0.2, 0) is 59.2 Å². The van der Waals surface area contributed by atoms with Crippen molar-refractivity contribution < 1.29 is 68.1 Å². The van der Waals surface area contributed by atoms with Crippen LogP contribution in [0.5, 0.6) is 5.75 Å². The third-order valence-corrected chi connectivity index (χ3v) is 15.1. The minimum Gasteiger partial charge on any atom is -0.508 e. The van der Waals surface area contributed by atoms with Crippen molar-refractivity contribution in [2.75, 3.05) is 44.8 Å². The normalized spacial score (nSPS) is 16.2. The predicted octanol–water partition coefficient (Wildman–Crippen LogP) is -3.66. The number of nitrogens with one attached hydrogen (secondary N) is 9. The summed E-state index contributed by atoms with van der Waals surface area (Å²) in [5.41, 5.74) is 28.5. The first kappa shape index (κ1) is 77.1. The fourth-order valence-corrected chi connectivity index (χ4v) is 9.82. The zero-order chi connectivity index (χ0) is 67.1. The lowest BCUT2D eigenvalue weighted by atomic mass is 9.98. The quantitative estimate of drug-likeness (QED) is 0.0171. The summed E-state index contributed by atoms with van der Waals surface area (Å²) in [7, 11) is 0. The van der Waals surface area contributed by atoms with Gasteiger partial charge in [0.2, 0.25) is 59.1 Å². The van der Waals surface area contributed by atoms with Crippen molar-refractivity contribution in [1.82, 2.24) is 52.8 Å². The molecule has 22 N–H and O–H groups in total. The largest absolute Gasteiger partial charge is 0.508 e. The lowest BCUT2D eigenvalue weighted by Gasteiger charge is -2.31. The molecule has 11 atom stereocenters. The van der Waals surface area contributed by atoms with Crippen molar-refractivity contribution in [3.8, 4) is 5.75 Å². The predicted molar refractivity (Wildman–Crippen MR) is 335 cm³/mol. The number of aliphatic carboxylic acids is 1. The fourth-order valence-electron chi connectivity index (χ4n) is 9.33. The molecule has 89 heavy (non-hydrogen) atoms. The van der Waals surface area contributed by atoms with Crippen LogP contribution in [0.2, 0.25) is 0 Å². The molecule has 0 bridgehead atoms. The van der Waals surface area contributed by atoms with Crippen molar-refractivity contribution in [2.45, 2.75) is 180 Å². The number of carboxylic acids is 1. The third-order valence-electron chi connectivity index (χ3n) is 14.4. The summed E-state index contributed by atoms with van der Waals surface area (Å²) < 4.78 is 0. The third kappa shape index (κ3) is 28.4. The first-order valence-corrected chi connectivity index (χ1v) is 31.3. The second-order valence-electron chi connectivity index (χ2n) is 22.9. The van der Waals surface area contributed by atoms with Gasteiger partial charge in [0.1, 0.15) is 60.1 Å². The number of aliphatic hydroxyl groups is 1. The van der Waals surface area contributed by atoms with Gasteiger partial charge in [0.25, 0.3) is 0 Å². The van der Waals surface area contributed by atoms with Gasteiger partial charge in [0, 0.05) is 26.1 Å². The SMILES string of the molecule is CC[C@H](C)[C@H](NC(=O)[C@H](CCCN=C(N)N)NC(=O)[C@H](C)NC(=O)[C@H](CO)NC(=O)[C@H](CC(C)C)NC(=O)CNC(=O)[C@@H]1CCCN1C(=O)[C@H](CC(C)C)NC(=O)[C@H](Cc1ccc(O)cc1)NC(=O)[C@H](CCCN=C(N)N)NC(=O)[C@@H](N)CCSC)C(=O)O. The number of phenolic OH excluding ortho intramolecular Hbond substituents is 1. The van der Waals surface area contributed by atoms with Gasteiger partial charge in [-0.25, -0.2) is 4.79 Å². The van der Waals surface area contributed by atoms with E-state index in [4.69, 9.17) is 28.7 Å². The summed E-state index contributed by atoms with van der Waals surface area (Å²) >= 11 is 1.49. The summed E-state index contributed by atoms with van der Waals surface area (Å²) in [6, 6.07) is -6.80. The smallest absolute Gasteiger partial charge is 0.326 e. The average Bonchev–Trinajstić information content (AvgIpc) is 3.22. The monoisotopic (exact) mass is 1280 g/mol. The molecule has 1 aromatic carbocycles. The summed E-state index contributed by atoms with van der Waals surface area (Å²) in [5.74, 6) is -9.89. The standard InChI is InChI=1S/C57H97N17O14S/c1-9-32(6)45(55(87)88)73-49(81)38(14-11-22-64-57(61)62)68-46(78)33(7)66-52(84)42(29-75)72-50(82)39(25-30(2)3)67-44(77)28-65-53(85)43-15-12-23-74(43)54(86)41(26-31(4)5)71-51(83)40(27-34-16-18-35(76)19-17-34)70-48(80)37(13-10-21-63-56(59)60)69-47(79)36(58)20-24-89-8/h16-19,30-33,36-43,45,75-76H,9-15,20-29,58H2,1-8H3,(H,65,85)(H,66,84)(H,67,77)(H,68,78)(H,69,79)(H,70,80)(H,71,83)(H,72,82)(H,73,81)(H,87,88)(H4,59,60,63)(H4,61,62,64)/t32-,33-,36-,37-,38-,39-,40-,41-,42-,43-,45-/m0/s1. The van der Waals surface area contributed by atoms with Crippen LogP contribution in [0, 0.1) is 17.8 Å². The number of phenols is 1. The van der Waals surface area contributed by atoms with Crippen LogP contribution >= 0.6 is 11.8 Å². The molecule has 1 saturated heterocycles. The number of hydrogen-bond donors (Lipinski definition) is 17. The molecule has 31 nitrogen and oxygen atoms in total. The Kier molecular flexibility index (Phi) is 34.5. The molecule has 500 valence electrons. The highest BCUT2D eigenvalue weighted by molar-refractivity contribution is 7.98. The molecule has 0 aliphatic carbocycles. The van der Waals surface area contributed by atoms with Crippen LogP contribution in [0.1, 0.15) is 118 Å². The van der Waals surface area contributed by atoms with E-state index >= 15 is 0 Å². The maximum atomic E-state index is 14.6. The Morgan fingerprint density at radius 2 is 1.13 bits per heavy atom. The number of thioether (sulfide) groups is 1. The number of carbonyl (C=O) groups excluding carboxylic acids is 10. The van der Waals surface area contributed by atoms with Crippen molar-refractivity contribution in [3.63, 3.8) is 0 Å². The highest BCUT2D eigenvalue weighted by atomic mass is 32.2. The van der Waals surface area contributed by atoms with E-state index in [9.17, 15) is 68.1 Å². The Balaban J connectivity index is 2.26. The number of guanidine groups is 2. The van der Waals surface area contributed by atoms with E-state index in [0.29, 0.717) is 30.6 Å². The number of nitrogens with zero attached hydrogens (tertiary/aromatic N) is 3. The van der Waals surface area contributed by atoms with Gasteiger partial charge >= 0.3 is 5.97 Å². The van der Waals surface area contributed by atoms with Crippen molar-refractivity contribution in [1.29, 1.82) is 0 Å². The molecule has 10 amide bonds. The molecule has 1 aliphatic heterocycles. The fraction of sp³-hybridized carbons (Fsp3) is 0.667. The molecular weight excluding hydrogens is 1180 g/mol. The first-order valence-electron chi connectivity index (χ1n) is 29.9. The number of aromatic hydroxyl groups is 1. The van der Waals surface area contributed by atoms with Crippen LogP contribution in [0.3, 0.4) is 0 Å². The Bertz CT molecular complexity index is 2590. The topological polar surface area (TPSA) is 515 Å². The van der Waals surface area contributed by atoms with Crippen LogP contribution in [0.15, 0.2) is 34.3 Å². The molecular formula is C57H97N17O14S. The Morgan fingerprint density at radius 1 is 0.640 bits per heavy atom. The molecule has 32 heteroatoms.